The molecule has 0 saturated carbocycles. The number of oxazole rings is 1. The number of rotatable bonds is 3. The maximum Gasteiger partial charge on any atom is 0.213 e. The van der Waals surface area contributed by atoms with Gasteiger partial charge in [-0.05, 0) is 54.4 Å². The van der Waals surface area contributed by atoms with Crippen molar-refractivity contribution < 1.29 is 8.81 Å². The van der Waals surface area contributed by atoms with E-state index in [1.165, 1.54) is 6.07 Å². The molecule has 0 spiro atoms. The number of anilines is 1. The van der Waals surface area contributed by atoms with E-state index in [0.29, 0.717) is 16.9 Å². The molecule has 96 valence electrons. The van der Waals surface area contributed by atoms with Crippen LogP contribution in [0, 0.1) is 26.6 Å². The van der Waals surface area contributed by atoms with Crippen molar-refractivity contribution in [1.82, 2.24) is 4.98 Å². The van der Waals surface area contributed by atoms with Crippen LogP contribution in [-0.4, -0.2) is 4.98 Å². The zero-order valence-corrected chi connectivity index (χ0v) is 12.1. The molecule has 0 aliphatic heterocycles. The van der Waals surface area contributed by atoms with Crippen molar-refractivity contribution in [1.29, 1.82) is 0 Å². The second-order valence-corrected chi connectivity index (χ2v) is 5.04. The first-order valence-electron chi connectivity index (χ1n) is 5.60. The van der Waals surface area contributed by atoms with Gasteiger partial charge in [-0.3, -0.25) is 0 Å². The van der Waals surface area contributed by atoms with E-state index >= 15 is 0 Å². The molecule has 1 N–H and O–H groups in total. The van der Waals surface area contributed by atoms with Crippen molar-refractivity contribution >= 4 is 21.6 Å². The summed E-state index contributed by atoms with van der Waals surface area (Å²) in [5, 5.41) is 3.18. The molecule has 0 radical (unpaired) electrons. The molecule has 0 saturated heterocycles. The Morgan fingerprint density at radius 1 is 1.33 bits per heavy atom. The standard InChI is InChI=1S/C13H14BrFN2O/c1-7-4-11(15)10(14)5-12(7)16-6-13-17-8(2)9(3)18-13/h4-5,16H,6H2,1-3H3. The second kappa shape index (κ2) is 5.10. The topological polar surface area (TPSA) is 38.1 Å². The molecule has 3 nitrogen and oxygen atoms in total. The van der Waals surface area contributed by atoms with E-state index in [1.807, 2.05) is 20.8 Å². The summed E-state index contributed by atoms with van der Waals surface area (Å²) in [6.07, 6.45) is 0. The average molecular weight is 313 g/mol. The highest BCUT2D eigenvalue weighted by atomic mass is 79.9. The second-order valence-electron chi connectivity index (χ2n) is 4.18. The van der Waals surface area contributed by atoms with Gasteiger partial charge in [0.05, 0.1) is 16.7 Å². The van der Waals surface area contributed by atoms with Crippen LogP contribution in [0.3, 0.4) is 0 Å². The van der Waals surface area contributed by atoms with Gasteiger partial charge in [0.2, 0.25) is 5.89 Å². The Hall–Kier alpha value is -1.36. The van der Waals surface area contributed by atoms with Crippen molar-refractivity contribution in [2.75, 3.05) is 5.32 Å². The van der Waals surface area contributed by atoms with Gasteiger partial charge in [-0.15, -0.1) is 0 Å². The fourth-order valence-electron chi connectivity index (χ4n) is 1.62. The summed E-state index contributed by atoms with van der Waals surface area (Å²) in [5.74, 6) is 1.19. The number of nitrogens with one attached hydrogen (secondary N) is 1. The molecule has 2 rings (SSSR count). The Balaban J connectivity index is 2.13. The minimum absolute atomic E-state index is 0.263. The van der Waals surface area contributed by atoms with E-state index in [9.17, 15) is 4.39 Å². The molecule has 2 aromatic rings. The highest BCUT2D eigenvalue weighted by Gasteiger charge is 2.08. The molecule has 0 bridgehead atoms. The first kappa shape index (κ1) is 13.1. The zero-order valence-electron chi connectivity index (χ0n) is 10.5. The first-order valence-corrected chi connectivity index (χ1v) is 6.39. The number of benzene rings is 1. The van der Waals surface area contributed by atoms with E-state index < -0.39 is 0 Å². The maximum absolute atomic E-state index is 13.3. The van der Waals surface area contributed by atoms with Gasteiger partial charge in [-0.1, -0.05) is 0 Å². The van der Waals surface area contributed by atoms with Crippen molar-refractivity contribution in [3.8, 4) is 0 Å². The Morgan fingerprint density at radius 2 is 2.06 bits per heavy atom. The van der Waals surface area contributed by atoms with E-state index in [1.54, 1.807) is 6.07 Å². The summed E-state index contributed by atoms with van der Waals surface area (Å²) in [4.78, 5) is 4.28. The lowest BCUT2D eigenvalue weighted by molar-refractivity contribution is 0.478. The molecule has 0 fully saturated rings. The van der Waals surface area contributed by atoms with Crippen molar-refractivity contribution in [2.24, 2.45) is 0 Å². The molecule has 0 aliphatic carbocycles. The quantitative estimate of drug-likeness (QED) is 0.926. The van der Waals surface area contributed by atoms with Gasteiger partial charge in [-0.2, -0.15) is 0 Å². The van der Waals surface area contributed by atoms with Crippen LogP contribution in [0.2, 0.25) is 0 Å². The molecule has 0 aliphatic rings. The largest absolute Gasteiger partial charge is 0.444 e. The molecule has 1 heterocycles. The highest BCUT2D eigenvalue weighted by Crippen LogP contribution is 2.24. The van der Waals surface area contributed by atoms with Crippen LogP contribution in [0.15, 0.2) is 21.0 Å². The van der Waals surface area contributed by atoms with Gasteiger partial charge in [-0.25, -0.2) is 9.37 Å². The SMILES string of the molecule is Cc1cc(F)c(Br)cc1NCc1nc(C)c(C)o1. The minimum atomic E-state index is -0.263. The Labute approximate surface area is 114 Å². The van der Waals surface area contributed by atoms with Gasteiger partial charge < -0.3 is 9.73 Å². The lowest BCUT2D eigenvalue weighted by Gasteiger charge is -2.08. The maximum atomic E-state index is 13.3. The smallest absolute Gasteiger partial charge is 0.213 e. The fourth-order valence-corrected chi connectivity index (χ4v) is 1.97. The van der Waals surface area contributed by atoms with Gasteiger partial charge in [0.15, 0.2) is 0 Å². The molecule has 0 atom stereocenters. The Kier molecular flexibility index (Phi) is 3.71. The van der Waals surface area contributed by atoms with Gasteiger partial charge >= 0.3 is 0 Å². The van der Waals surface area contributed by atoms with E-state index in [-0.39, 0.29) is 5.82 Å². The van der Waals surface area contributed by atoms with Crippen LogP contribution < -0.4 is 5.32 Å². The van der Waals surface area contributed by atoms with E-state index in [4.69, 9.17) is 4.42 Å². The predicted molar refractivity (Wildman–Crippen MR) is 72.1 cm³/mol. The molecule has 1 aromatic carbocycles. The third kappa shape index (κ3) is 2.72. The van der Waals surface area contributed by atoms with Crippen LogP contribution in [0.4, 0.5) is 10.1 Å². The number of aromatic nitrogens is 1. The molecule has 18 heavy (non-hydrogen) atoms. The number of nitrogens with zero attached hydrogens (tertiary/aromatic N) is 1. The first-order chi connectivity index (χ1) is 8.47. The van der Waals surface area contributed by atoms with Crippen molar-refractivity contribution in [3.05, 3.63) is 45.3 Å². The number of hydrogen-bond acceptors (Lipinski definition) is 3. The molecular weight excluding hydrogens is 299 g/mol. The molecule has 0 unspecified atom stereocenters. The minimum Gasteiger partial charge on any atom is -0.444 e. The normalized spacial score (nSPS) is 10.7. The van der Waals surface area contributed by atoms with E-state index in [0.717, 1.165) is 22.7 Å². The lowest BCUT2D eigenvalue weighted by atomic mass is 10.2. The van der Waals surface area contributed by atoms with Crippen LogP contribution in [0.25, 0.3) is 0 Å². The molecule has 5 heteroatoms. The van der Waals surface area contributed by atoms with Gasteiger partial charge in [0, 0.05) is 5.69 Å². The summed E-state index contributed by atoms with van der Waals surface area (Å²) in [5.41, 5.74) is 2.59. The summed E-state index contributed by atoms with van der Waals surface area (Å²) in [6, 6.07) is 3.20. The van der Waals surface area contributed by atoms with Crippen LogP contribution in [-0.2, 0) is 6.54 Å². The number of hydrogen-bond donors (Lipinski definition) is 1. The fraction of sp³-hybridized carbons (Fsp3) is 0.308. The van der Waals surface area contributed by atoms with Gasteiger partial charge in [0.25, 0.3) is 0 Å². The monoisotopic (exact) mass is 312 g/mol. The third-order valence-electron chi connectivity index (χ3n) is 2.77. The average Bonchev–Trinajstić information content (AvgIpc) is 2.62. The van der Waals surface area contributed by atoms with Crippen molar-refractivity contribution in [2.45, 2.75) is 27.3 Å². The predicted octanol–water partition coefficient (Wildman–Crippen LogP) is 4.11. The van der Waals surface area contributed by atoms with Gasteiger partial charge in [0.1, 0.15) is 11.6 Å². The summed E-state index contributed by atoms with van der Waals surface area (Å²) in [7, 11) is 0. The Bertz CT molecular complexity index is 561. The molecular formula is C13H14BrFN2O. The summed E-state index contributed by atoms with van der Waals surface area (Å²) < 4.78 is 19.2. The third-order valence-corrected chi connectivity index (χ3v) is 3.38. The van der Waals surface area contributed by atoms with Crippen LogP contribution in [0.1, 0.15) is 22.9 Å². The molecule has 1 aromatic heterocycles. The molecule has 0 amide bonds. The number of aryl methyl sites for hydroxylation is 3. The highest BCUT2D eigenvalue weighted by molar-refractivity contribution is 9.10. The van der Waals surface area contributed by atoms with E-state index in [2.05, 4.69) is 26.2 Å². The van der Waals surface area contributed by atoms with Crippen molar-refractivity contribution in [3.63, 3.8) is 0 Å². The van der Waals surface area contributed by atoms with Crippen LogP contribution in [0.5, 0.6) is 0 Å². The lowest BCUT2D eigenvalue weighted by Crippen LogP contribution is -2.02. The zero-order chi connectivity index (χ0) is 13.3. The van der Waals surface area contributed by atoms with Crippen LogP contribution >= 0.6 is 15.9 Å². The Morgan fingerprint density at radius 3 is 2.67 bits per heavy atom. The number of halogens is 2. The summed E-state index contributed by atoms with van der Waals surface area (Å²) >= 11 is 3.17. The summed E-state index contributed by atoms with van der Waals surface area (Å²) in [6.45, 7) is 6.12.